The van der Waals surface area contributed by atoms with Crippen LogP contribution < -0.4 is 5.43 Å². The number of nitrogens with one attached hydrogen (secondary N) is 1. The third kappa shape index (κ3) is 3.27. The van der Waals surface area contributed by atoms with Crippen molar-refractivity contribution < 1.29 is 4.92 Å². The van der Waals surface area contributed by atoms with Crippen molar-refractivity contribution in [3.05, 3.63) is 75.4 Å². The first-order chi connectivity index (χ1) is 11.1. The second kappa shape index (κ2) is 6.41. The van der Waals surface area contributed by atoms with Crippen LogP contribution >= 0.6 is 11.6 Å². The summed E-state index contributed by atoms with van der Waals surface area (Å²) < 4.78 is 0. The zero-order valence-corrected chi connectivity index (χ0v) is 12.6. The van der Waals surface area contributed by atoms with Crippen LogP contribution in [0.1, 0.15) is 5.56 Å². The largest absolute Gasteiger partial charge is 0.294 e. The van der Waals surface area contributed by atoms with E-state index in [1.54, 1.807) is 18.2 Å². The number of aromatic nitrogens is 1. The number of anilines is 1. The lowest BCUT2D eigenvalue weighted by molar-refractivity contribution is -0.384. The molecule has 0 radical (unpaired) electrons. The zero-order valence-electron chi connectivity index (χ0n) is 11.8. The molecule has 0 aliphatic heterocycles. The van der Waals surface area contributed by atoms with Crippen LogP contribution in [0.5, 0.6) is 0 Å². The number of halogens is 1. The molecule has 0 saturated heterocycles. The van der Waals surface area contributed by atoms with Crippen LogP contribution in [0.2, 0.25) is 5.15 Å². The molecule has 0 spiro atoms. The van der Waals surface area contributed by atoms with Gasteiger partial charge in [0.2, 0.25) is 0 Å². The molecule has 0 aliphatic rings. The third-order valence-corrected chi connectivity index (χ3v) is 3.50. The standard InChI is InChI=1S/C16H11ClN4O2/c17-16-12(9-11-5-1-2-6-13(11)19-16)10-18-20-14-7-3-4-8-15(14)21(22)23/h1-10,20H. The lowest BCUT2D eigenvalue weighted by atomic mass is 10.2. The van der Waals surface area contributed by atoms with Crippen molar-refractivity contribution in [2.75, 3.05) is 5.43 Å². The molecule has 23 heavy (non-hydrogen) atoms. The fraction of sp³-hybridized carbons (Fsp3) is 0. The second-order valence-electron chi connectivity index (χ2n) is 4.71. The molecular formula is C16H11ClN4O2. The van der Waals surface area contributed by atoms with Gasteiger partial charge in [-0.2, -0.15) is 5.10 Å². The highest BCUT2D eigenvalue weighted by atomic mass is 35.5. The van der Waals surface area contributed by atoms with Crippen LogP contribution in [0.4, 0.5) is 11.4 Å². The Hall–Kier alpha value is -2.99. The number of nitro groups is 1. The molecule has 0 saturated carbocycles. The number of benzene rings is 2. The lowest BCUT2D eigenvalue weighted by Crippen LogP contribution is -1.97. The van der Waals surface area contributed by atoms with Crippen LogP contribution in [0.3, 0.4) is 0 Å². The van der Waals surface area contributed by atoms with Crippen LogP contribution in [-0.4, -0.2) is 16.1 Å². The van der Waals surface area contributed by atoms with Gasteiger partial charge in [0.25, 0.3) is 5.69 Å². The predicted molar refractivity (Wildman–Crippen MR) is 91.1 cm³/mol. The van der Waals surface area contributed by atoms with Crippen molar-refractivity contribution in [2.24, 2.45) is 5.10 Å². The molecule has 2 aromatic carbocycles. The smallest absolute Gasteiger partial charge is 0.272 e. The molecule has 0 fully saturated rings. The first kappa shape index (κ1) is 14.9. The molecule has 1 N–H and O–H groups in total. The van der Waals surface area contributed by atoms with Gasteiger partial charge >= 0.3 is 0 Å². The van der Waals surface area contributed by atoms with Gasteiger partial charge in [0.1, 0.15) is 10.8 Å². The van der Waals surface area contributed by atoms with Gasteiger partial charge in [-0.15, -0.1) is 0 Å². The van der Waals surface area contributed by atoms with E-state index in [9.17, 15) is 10.1 Å². The molecule has 3 aromatic rings. The highest BCUT2D eigenvalue weighted by molar-refractivity contribution is 6.32. The molecule has 7 heteroatoms. The van der Waals surface area contributed by atoms with E-state index in [0.29, 0.717) is 16.4 Å². The number of hydrogen-bond acceptors (Lipinski definition) is 5. The Morgan fingerprint density at radius 1 is 1.17 bits per heavy atom. The minimum absolute atomic E-state index is 0.0487. The van der Waals surface area contributed by atoms with Crippen molar-refractivity contribution in [1.82, 2.24) is 4.98 Å². The second-order valence-corrected chi connectivity index (χ2v) is 5.06. The van der Waals surface area contributed by atoms with Gasteiger partial charge in [0.15, 0.2) is 0 Å². The van der Waals surface area contributed by atoms with E-state index in [0.717, 1.165) is 10.9 Å². The molecular weight excluding hydrogens is 316 g/mol. The molecule has 0 atom stereocenters. The molecule has 6 nitrogen and oxygen atoms in total. The van der Waals surface area contributed by atoms with Gasteiger partial charge in [0.05, 0.1) is 16.7 Å². The number of hydrazone groups is 1. The third-order valence-electron chi connectivity index (χ3n) is 3.19. The topological polar surface area (TPSA) is 80.4 Å². The van der Waals surface area contributed by atoms with E-state index in [1.165, 1.54) is 12.3 Å². The Balaban J connectivity index is 1.86. The van der Waals surface area contributed by atoms with Gasteiger partial charge in [-0.05, 0) is 18.2 Å². The molecule has 0 aliphatic carbocycles. The molecule has 1 aromatic heterocycles. The van der Waals surface area contributed by atoms with E-state index >= 15 is 0 Å². The number of fused-ring (bicyclic) bond motifs is 1. The Labute approximate surface area is 136 Å². The highest BCUT2D eigenvalue weighted by Crippen LogP contribution is 2.23. The Bertz CT molecular complexity index is 911. The summed E-state index contributed by atoms with van der Waals surface area (Å²) in [6, 6.07) is 15.7. The SMILES string of the molecule is O=[N+]([O-])c1ccccc1NN=Cc1cc2ccccc2nc1Cl. The summed E-state index contributed by atoms with van der Waals surface area (Å²) in [4.78, 5) is 14.8. The fourth-order valence-corrected chi connectivity index (χ4v) is 2.29. The first-order valence-corrected chi connectivity index (χ1v) is 7.11. The van der Waals surface area contributed by atoms with Crippen molar-refractivity contribution >= 4 is 40.1 Å². The molecule has 1 heterocycles. The van der Waals surface area contributed by atoms with E-state index in [2.05, 4.69) is 15.5 Å². The number of para-hydroxylation sites is 3. The summed E-state index contributed by atoms with van der Waals surface area (Å²) in [7, 11) is 0. The van der Waals surface area contributed by atoms with Crippen molar-refractivity contribution in [1.29, 1.82) is 0 Å². The maximum atomic E-state index is 10.9. The predicted octanol–water partition coefficient (Wildman–Crippen LogP) is 4.24. The van der Waals surface area contributed by atoms with Crippen LogP contribution in [-0.2, 0) is 0 Å². The van der Waals surface area contributed by atoms with Gasteiger partial charge in [-0.25, -0.2) is 4.98 Å². The van der Waals surface area contributed by atoms with Crippen molar-refractivity contribution in [3.8, 4) is 0 Å². The van der Waals surface area contributed by atoms with E-state index < -0.39 is 4.92 Å². The molecule has 3 rings (SSSR count). The van der Waals surface area contributed by atoms with E-state index in [-0.39, 0.29) is 5.69 Å². The van der Waals surface area contributed by atoms with Crippen LogP contribution in [0, 0.1) is 10.1 Å². The minimum Gasteiger partial charge on any atom is -0.272 e. The maximum Gasteiger partial charge on any atom is 0.294 e. The highest BCUT2D eigenvalue weighted by Gasteiger charge is 2.11. The normalized spacial score (nSPS) is 11.0. The maximum absolute atomic E-state index is 10.9. The van der Waals surface area contributed by atoms with Gasteiger partial charge in [-0.1, -0.05) is 41.9 Å². The summed E-state index contributed by atoms with van der Waals surface area (Å²) in [6.07, 6.45) is 1.48. The fourth-order valence-electron chi connectivity index (χ4n) is 2.10. The summed E-state index contributed by atoms with van der Waals surface area (Å²) in [5.41, 5.74) is 4.33. The lowest BCUT2D eigenvalue weighted by Gasteiger charge is -2.03. The quantitative estimate of drug-likeness (QED) is 0.336. The Morgan fingerprint density at radius 2 is 1.91 bits per heavy atom. The zero-order chi connectivity index (χ0) is 16.2. The van der Waals surface area contributed by atoms with E-state index in [4.69, 9.17) is 11.6 Å². The van der Waals surface area contributed by atoms with Crippen LogP contribution in [0.15, 0.2) is 59.7 Å². The summed E-state index contributed by atoms with van der Waals surface area (Å²) >= 11 is 6.13. The molecule has 0 unspecified atom stereocenters. The molecule has 0 amide bonds. The number of nitrogens with zero attached hydrogens (tertiary/aromatic N) is 3. The monoisotopic (exact) mass is 326 g/mol. The summed E-state index contributed by atoms with van der Waals surface area (Å²) in [5.74, 6) is 0. The number of rotatable bonds is 4. The van der Waals surface area contributed by atoms with Crippen molar-refractivity contribution in [2.45, 2.75) is 0 Å². The van der Waals surface area contributed by atoms with E-state index in [1.807, 2.05) is 30.3 Å². The van der Waals surface area contributed by atoms with Gasteiger partial charge in [-0.3, -0.25) is 15.5 Å². The summed E-state index contributed by atoms with van der Waals surface area (Å²) in [6.45, 7) is 0. The number of nitro benzene ring substituents is 1. The average Bonchev–Trinajstić information content (AvgIpc) is 2.55. The van der Waals surface area contributed by atoms with Gasteiger partial charge < -0.3 is 0 Å². The minimum atomic E-state index is -0.470. The van der Waals surface area contributed by atoms with Gasteiger partial charge in [0, 0.05) is 17.0 Å². The number of pyridine rings is 1. The van der Waals surface area contributed by atoms with Crippen molar-refractivity contribution in [3.63, 3.8) is 0 Å². The number of hydrogen-bond donors (Lipinski definition) is 1. The summed E-state index contributed by atoms with van der Waals surface area (Å²) in [5, 5.41) is 16.2. The van der Waals surface area contributed by atoms with Crippen LogP contribution in [0.25, 0.3) is 10.9 Å². The first-order valence-electron chi connectivity index (χ1n) is 6.73. The Kier molecular flexibility index (Phi) is 4.16. The molecule has 114 valence electrons. The Morgan fingerprint density at radius 3 is 2.74 bits per heavy atom. The molecule has 0 bridgehead atoms. The average molecular weight is 327 g/mol.